The minimum Gasteiger partial charge on any atom is -0.497 e. The maximum atomic E-state index is 13.2. The summed E-state index contributed by atoms with van der Waals surface area (Å²) in [4.78, 5) is 27.4. The van der Waals surface area contributed by atoms with Gasteiger partial charge in [-0.05, 0) is 42.5 Å². The molecule has 1 N–H and O–H groups in total. The van der Waals surface area contributed by atoms with E-state index in [1.807, 2.05) is 73.7 Å². The van der Waals surface area contributed by atoms with E-state index >= 15 is 0 Å². The number of carbonyl (C=O) groups excluding carboxylic acids is 2. The van der Waals surface area contributed by atoms with E-state index < -0.39 is 6.04 Å². The Balaban J connectivity index is 1.79. The lowest BCUT2D eigenvalue weighted by Crippen LogP contribution is -2.49. The molecule has 0 aliphatic rings. The van der Waals surface area contributed by atoms with Gasteiger partial charge in [0.25, 0.3) is 5.91 Å². The molecule has 3 aromatic rings. The Labute approximate surface area is 189 Å². The van der Waals surface area contributed by atoms with E-state index in [1.54, 1.807) is 18.9 Å². The van der Waals surface area contributed by atoms with Crippen molar-refractivity contribution >= 4 is 22.6 Å². The molecule has 0 unspecified atom stereocenters. The Kier molecular flexibility index (Phi) is 8.08. The molecule has 3 rings (SSSR count). The average Bonchev–Trinajstić information content (AvgIpc) is 2.84. The van der Waals surface area contributed by atoms with Crippen LogP contribution in [0.4, 0.5) is 0 Å². The van der Waals surface area contributed by atoms with Gasteiger partial charge in [-0.25, -0.2) is 0 Å². The summed E-state index contributed by atoms with van der Waals surface area (Å²) in [5.41, 5.74) is 0.873. The standard InChI is InChI=1S/C26H30N2O4/c1-4-15-27-26(30)19(2)28(17-20-9-7-12-22(16-20)31-3)25(29)18-32-24-14-8-11-21-10-5-6-13-23(21)24/h5-14,16,19H,4,15,17-18H2,1-3H3,(H,27,30)/t19-/m0/s1. The zero-order valence-corrected chi connectivity index (χ0v) is 18.8. The first-order valence-corrected chi connectivity index (χ1v) is 10.8. The highest BCUT2D eigenvalue weighted by Gasteiger charge is 2.26. The molecule has 2 amide bonds. The Bertz CT molecular complexity index is 1060. The number of amides is 2. The first-order chi connectivity index (χ1) is 15.5. The van der Waals surface area contributed by atoms with Crippen LogP contribution in [0.25, 0.3) is 10.8 Å². The maximum absolute atomic E-state index is 13.2. The number of benzene rings is 3. The number of hydrogen-bond donors (Lipinski definition) is 1. The quantitative estimate of drug-likeness (QED) is 0.520. The molecule has 1 atom stereocenters. The van der Waals surface area contributed by atoms with E-state index in [2.05, 4.69) is 5.32 Å². The molecule has 32 heavy (non-hydrogen) atoms. The Morgan fingerprint density at radius 1 is 1.03 bits per heavy atom. The van der Waals surface area contributed by atoms with Gasteiger partial charge in [0.1, 0.15) is 17.5 Å². The van der Waals surface area contributed by atoms with Gasteiger partial charge in [-0.3, -0.25) is 9.59 Å². The second kappa shape index (κ2) is 11.2. The van der Waals surface area contributed by atoms with Crippen molar-refractivity contribution in [3.8, 4) is 11.5 Å². The number of fused-ring (bicyclic) bond motifs is 1. The number of nitrogens with zero attached hydrogens (tertiary/aromatic N) is 1. The fraction of sp³-hybridized carbons (Fsp3) is 0.308. The Morgan fingerprint density at radius 2 is 1.78 bits per heavy atom. The molecular weight excluding hydrogens is 404 g/mol. The third-order valence-corrected chi connectivity index (χ3v) is 5.30. The van der Waals surface area contributed by atoms with E-state index in [1.165, 1.54) is 0 Å². The van der Waals surface area contributed by atoms with Crippen molar-refractivity contribution in [3.05, 3.63) is 72.3 Å². The van der Waals surface area contributed by atoms with E-state index in [-0.39, 0.29) is 25.0 Å². The Morgan fingerprint density at radius 3 is 2.56 bits per heavy atom. The molecule has 0 aliphatic heterocycles. The molecule has 3 aromatic carbocycles. The lowest BCUT2D eigenvalue weighted by atomic mass is 10.1. The molecule has 168 valence electrons. The second-order valence-corrected chi connectivity index (χ2v) is 7.61. The topological polar surface area (TPSA) is 67.9 Å². The van der Waals surface area contributed by atoms with Crippen LogP contribution in [0.3, 0.4) is 0 Å². The summed E-state index contributed by atoms with van der Waals surface area (Å²) in [6.07, 6.45) is 0.826. The molecule has 0 radical (unpaired) electrons. The molecule has 6 heteroatoms. The fourth-order valence-corrected chi connectivity index (χ4v) is 3.49. The van der Waals surface area contributed by atoms with Crippen LogP contribution in [-0.4, -0.2) is 43.0 Å². The fourth-order valence-electron chi connectivity index (χ4n) is 3.49. The summed E-state index contributed by atoms with van der Waals surface area (Å²) >= 11 is 0. The van der Waals surface area contributed by atoms with E-state index in [0.29, 0.717) is 18.0 Å². The largest absolute Gasteiger partial charge is 0.497 e. The normalized spacial score (nSPS) is 11.6. The predicted molar refractivity (Wildman–Crippen MR) is 126 cm³/mol. The number of hydrogen-bond acceptors (Lipinski definition) is 4. The number of ether oxygens (including phenoxy) is 2. The van der Waals surface area contributed by atoms with Crippen molar-refractivity contribution in [1.82, 2.24) is 10.2 Å². The van der Waals surface area contributed by atoms with Crippen molar-refractivity contribution < 1.29 is 19.1 Å². The van der Waals surface area contributed by atoms with Gasteiger partial charge in [-0.2, -0.15) is 0 Å². The molecule has 6 nitrogen and oxygen atoms in total. The highest BCUT2D eigenvalue weighted by atomic mass is 16.5. The SMILES string of the molecule is CCCNC(=O)[C@H](C)N(Cc1cccc(OC)c1)C(=O)COc1cccc2ccccc12. The van der Waals surface area contributed by atoms with E-state index in [0.717, 1.165) is 22.8 Å². The minimum atomic E-state index is -0.642. The van der Waals surface area contributed by atoms with Gasteiger partial charge in [-0.15, -0.1) is 0 Å². The molecule has 0 saturated heterocycles. The van der Waals surface area contributed by atoms with Gasteiger partial charge in [0.2, 0.25) is 5.91 Å². The lowest BCUT2D eigenvalue weighted by molar-refractivity contribution is -0.142. The molecule has 0 saturated carbocycles. The number of methoxy groups -OCH3 is 1. The first-order valence-electron chi connectivity index (χ1n) is 10.8. The molecule has 0 aliphatic carbocycles. The molecular formula is C26H30N2O4. The van der Waals surface area contributed by atoms with E-state index in [9.17, 15) is 9.59 Å². The summed E-state index contributed by atoms with van der Waals surface area (Å²) in [6, 6.07) is 20.4. The zero-order chi connectivity index (χ0) is 22.9. The third kappa shape index (κ3) is 5.78. The molecule has 0 bridgehead atoms. The van der Waals surface area contributed by atoms with Gasteiger partial charge in [0.05, 0.1) is 7.11 Å². The van der Waals surface area contributed by atoms with Crippen LogP contribution in [0.15, 0.2) is 66.7 Å². The predicted octanol–water partition coefficient (Wildman–Crippen LogP) is 4.17. The molecule has 0 fully saturated rings. The molecule has 0 spiro atoms. The van der Waals surface area contributed by atoms with Gasteiger partial charge in [-0.1, -0.05) is 55.5 Å². The van der Waals surface area contributed by atoms with Crippen molar-refractivity contribution in [2.45, 2.75) is 32.9 Å². The van der Waals surface area contributed by atoms with Crippen LogP contribution < -0.4 is 14.8 Å². The molecule has 0 heterocycles. The van der Waals surface area contributed by atoms with Crippen LogP contribution in [0.5, 0.6) is 11.5 Å². The maximum Gasteiger partial charge on any atom is 0.261 e. The average molecular weight is 435 g/mol. The number of rotatable bonds is 10. The van der Waals surface area contributed by atoms with Gasteiger partial charge < -0.3 is 19.7 Å². The molecule has 0 aromatic heterocycles. The van der Waals surface area contributed by atoms with Crippen LogP contribution >= 0.6 is 0 Å². The highest BCUT2D eigenvalue weighted by molar-refractivity contribution is 5.90. The van der Waals surface area contributed by atoms with Crippen LogP contribution in [0.2, 0.25) is 0 Å². The summed E-state index contributed by atoms with van der Waals surface area (Å²) in [6.45, 7) is 4.40. The smallest absolute Gasteiger partial charge is 0.261 e. The van der Waals surface area contributed by atoms with Gasteiger partial charge in [0.15, 0.2) is 6.61 Å². The highest BCUT2D eigenvalue weighted by Crippen LogP contribution is 2.25. The second-order valence-electron chi connectivity index (χ2n) is 7.61. The van der Waals surface area contributed by atoms with Crippen molar-refractivity contribution in [1.29, 1.82) is 0 Å². The third-order valence-electron chi connectivity index (χ3n) is 5.30. The van der Waals surface area contributed by atoms with Crippen molar-refractivity contribution in [2.24, 2.45) is 0 Å². The van der Waals surface area contributed by atoms with Gasteiger partial charge in [0, 0.05) is 18.5 Å². The summed E-state index contributed by atoms with van der Waals surface area (Å²) < 4.78 is 11.2. The number of nitrogens with one attached hydrogen (secondary N) is 1. The first kappa shape index (κ1) is 23.1. The summed E-state index contributed by atoms with van der Waals surface area (Å²) in [5.74, 6) is 0.888. The number of carbonyl (C=O) groups is 2. The monoisotopic (exact) mass is 434 g/mol. The Hall–Kier alpha value is -3.54. The van der Waals surface area contributed by atoms with Crippen molar-refractivity contribution in [2.75, 3.05) is 20.3 Å². The minimum absolute atomic E-state index is 0.163. The lowest BCUT2D eigenvalue weighted by Gasteiger charge is -2.29. The van der Waals surface area contributed by atoms with Crippen LogP contribution in [-0.2, 0) is 16.1 Å². The van der Waals surface area contributed by atoms with Crippen molar-refractivity contribution in [3.63, 3.8) is 0 Å². The summed E-state index contributed by atoms with van der Waals surface area (Å²) in [7, 11) is 1.60. The van der Waals surface area contributed by atoms with E-state index in [4.69, 9.17) is 9.47 Å². The van der Waals surface area contributed by atoms with Gasteiger partial charge >= 0.3 is 0 Å². The zero-order valence-electron chi connectivity index (χ0n) is 18.8. The van der Waals surface area contributed by atoms with Crippen LogP contribution in [0.1, 0.15) is 25.8 Å². The summed E-state index contributed by atoms with van der Waals surface area (Å²) in [5, 5.41) is 4.86. The van der Waals surface area contributed by atoms with Crippen LogP contribution in [0, 0.1) is 0 Å².